The third-order valence-electron chi connectivity index (χ3n) is 2.94. The van der Waals surface area contributed by atoms with E-state index in [4.69, 9.17) is 16.3 Å². The quantitative estimate of drug-likeness (QED) is 0.424. The van der Waals surface area contributed by atoms with Crippen molar-refractivity contribution in [2.75, 3.05) is 5.32 Å². The van der Waals surface area contributed by atoms with Gasteiger partial charge in [-0.25, -0.2) is 9.97 Å². The number of nitro groups is 1. The van der Waals surface area contributed by atoms with Crippen molar-refractivity contribution in [3.05, 3.63) is 70.3 Å². The number of ether oxygens (including phenoxy) is 1. The second-order valence-electron chi connectivity index (χ2n) is 4.52. The molecule has 0 saturated heterocycles. The number of anilines is 2. The molecule has 1 aromatic carbocycles. The Hall–Kier alpha value is -3.26. The van der Waals surface area contributed by atoms with Crippen molar-refractivity contribution in [3.8, 4) is 11.6 Å². The zero-order valence-corrected chi connectivity index (χ0v) is 12.8. The van der Waals surface area contributed by atoms with E-state index < -0.39 is 10.6 Å². The first-order valence-corrected chi connectivity index (χ1v) is 7.13. The van der Waals surface area contributed by atoms with Gasteiger partial charge in [0.1, 0.15) is 12.1 Å². The van der Waals surface area contributed by atoms with E-state index in [1.165, 1.54) is 6.20 Å². The molecule has 0 amide bonds. The summed E-state index contributed by atoms with van der Waals surface area (Å²) in [6, 6.07) is 11.9. The number of hydrogen-bond donors (Lipinski definition) is 1. The van der Waals surface area contributed by atoms with Gasteiger partial charge < -0.3 is 10.1 Å². The van der Waals surface area contributed by atoms with E-state index in [1.54, 1.807) is 42.5 Å². The maximum absolute atomic E-state index is 11.5. The Morgan fingerprint density at radius 3 is 2.58 bits per heavy atom. The minimum atomic E-state index is -0.620. The van der Waals surface area contributed by atoms with Gasteiger partial charge in [0.05, 0.1) is 10.6 Å². The summed E-state index contributed by atoms with van der Waals surface area (Å²) in [7, 11) is 0. The Balaban J connectivity index is 1.99. The molecule has 0 aliphatic rings. The smallest absolute Gasteiger partial charge is 0.373 e. The summed E-state index contributed by atoms with van der Waals surface area (Å²) in [5, 5.41) is 14.4. The Kier molecular flexibility index (Phi) is 4.48. The van der Waals surface area contributed by atoms with Gasteiger partial charge in [0.25, 0.3) is 0 Å². The maximum Gasteiger partial charge on any atom is 0.373 e. The summed E-state index contributed by atoms with van der Waals surface area (Å²) in [5.74, 6) is 0.198. The molecule has 0 fully saturated rings. The molecule has 3 rings (SSSR count). The molecule has 8 nitrogen and oxygen atoms in total. The molecule has 9 heteroatoms. The summed E-state index contributed by atoms with van der Waals surface area (Å²) in [4.78, 5) is 22.5. The van der Waals surface area contributed by atoms with Crippen LogP contribution in [-0.4, -0.2) is 19.9 Å². The zero-order valence-electron chi connectivity index (χ0n) is 12.1. The molecule has 0 aliphatic heterocycles. The Morgan fingerprint density at radius 2 is 1.88 bits per heavy atom. The van der Waals surface area contributed by atoms with E-state index in [0.29, 0.717) is 11.4 Å². The first kappa shape index (κ1) is 15.6. The van der Waals surface area contributed by atoms with Gasteiger partial charge in [0.2, 0.25) is 5.82 Å². The van der Waals surface area contributed by atoms with Gasteiger partial charge in [-0.3, -0.25) is 10.1 Å². The predicted molar refractivity (Wildman–Crippen MR) is 87.7 cm³/mol. The van der Waals surface area contributed by atoms with Gasteiger partial charge in [0.15, 0.2) is 5.15 Å². The molecule has 3 aromatic rings. The monoisotopic (exact) mass is 343 g/mol. The Bertz CT molecular complexity index is 876. The van der Waals surface area contributed by atoms with Crippen LogP contribution in [0.5, 0.6) is 11.6 Å². The van der Waals surface area contributed by atoms with Gasteiger partial charge in [-0.15, -0.1) is 0 Å². The molecule has 120 valence electrons. The fourth-order valence-electron chi connectivity index (χ4n) is 1.90. The lowest BCUT2D eigenvalue weighted by Gasteiger charge is -2.09. The van der Waals surface area contributed by atoms with Gasteiger partial charge in [-0.05, 0) is 24.3 Å². The molecule has 0 atom stereocenters. The number of hydrogen-bond acceptors (Lipinski definition) is 7. The zero-order chi connectivity index (χ0) is 16.9. The molecule has 1 N–H and O–H groups in total. The normalized spacial score (nSPS) is 10.2. The van der Waals surface area contributed by atoms with Crippen molar-refractivity contribution in [1.29, 1.82) is 0 Å². The molecule has 0 saturated carbocycles. The lowest BCUT2D eigenvalue weighted by molar-refractivity contribution is -0.385. The average molecular weight is 344 g/mol. The molecule has 0 spiro atoms. The van der Waals surface area contributed by atoms with Crippen molar-refractivity contribution >= 4 is 28.8 Å². The summed E-state index contributed by atoms with van der Waals surface area (Å²) in [6.45, 7) is 0. The highest BCUT2D eigenvalue weighted by Crippen LogP contribution is 2.36. The minimum absolute atomic E-state index is 0.0455. The largest absolute Gasteiger partial charge is 0.434 e. The molecule has 0 bridgehead atoms. The van der Waals surface area contributed by atoms with Crippen LogP contribution in [0.3, 0.4) is 0 Å². The third kappa shape index (κ3) is 3.39. The average Bonchev–Trinajstić information content (AvgIpc) is 2.58. The molecule has 2 heterocycles. The number of pyridine rings is 1. The molecule has 2 aromatic heterocycles. The van der Waals surface area contributed by atoms with E-state index in [1.807, 2.05) is 0 Å². The topological polar surface area (TPSA) is 103 Å². The SMILES string of the molecule is O=[N+]([O-])c1c(Nc2cccnc2Cl)ncnc1Oc1ccccc1. The lowest BCUT2D eigenvalue weighted by Crippen LogP contribution is -2.04. The van der Waals surface area contributed by atoms with Crippen LogP contribution < -0.4 is 10.1 Å². The summed E-state index contributed by atoms with van der Waals surface area (Å²) >= 11 is 5.96. The van der Waals surface area contributed by atoms with Gasteiger partial charge in [0, 0.05) is 6.20 Å². The van der Waals surface area contributed by atoms with Crippen LogP contribution in [0.4, 0.5) is 17.2 Å². The predicted octanol–water partition coefficient (Wildman–Crippen LogP) is 3.97. The first-order chi connectivity index (χ1) is 11.6. The van der Waals surface area contributed by atoms with Crippen LogP contribution in [0.2, 0.25) is 5.15 Å². The van der Waals surface area contributed by atoms with Crippen molar-refractivity contribution in [1.82, 2.24) is 15.0 Å². The van der Waals surface area contributed by atoms with E-state index >= 15 is 0 Å². The van der Waals surface area contributed by atoms with Crippen LogP contribution in [-0.2, 0) is 0 Å². The maximum atomic E-state index is 11.5. The lowest BCUT2D eigenvalue weighted by atomic mass is 10.3. The molecule has 0 radical (unpaired) electrons. The van der Waals surface area contributed by atoms with Crippen LogP contribution in [0.1, 0.15) is 0 Å². The Morgan fingerprint density at radius 1 is 1.08 bits per heavy atom. The van der Waals surface area contributed by atoms with E-state index in [9.17, 15) is 10.1 Å². The van der Waals surface area contributed by atoms with Crippen LogP contribution in [0.15, 0.2) is 55.0 Å². The van der Waals surface area contributed by atoms with Crippen LogP contribution in [0.25, 0.3) is 0 Å². The minimum Gasteiger partial charge on any atom is -0.434 e. The van der Waals surface area contributed by atoms with Crippen molar-refractivity contribution in [2.45, 2.75) is 0 Å². The first-order valence-electron chi connectivity index (χ1n) is 6.75. The number of halogens is 1. The number of nitrogens with zero attached hydrogens (tertiary/aromatic N) is 4. The standard InChI is InChI=1S/C15H10ClN5O3/c16-13-11(7-4-8-17-13)20-14-12(21(22)23)15(19-9-18-14)24-10-5-2-1-3-6-10/h1-9H,(H,18,19,20). The summed E-state index contributed by atoms with van der Waals surface area (Å²) in [6.07, 6.45) is 2.67. The highest BCUT2D eigenvalue weighted by Gasteiger charge is 2.25. The number of para-hydroxylation sites is 1. The van der Waals surface area contributed by atoms with Gasteiger partial charge in [-0.1, -0.05) is 29.8 Å². The number of benzene rings is 1. The fraction of sp³-hybridized carbons (Fsp3) is 0. The summed E-state index contributed by atoms with van der Waals surface area (Å²) < 4.78 is 5.50. The molecular formula is C15H10ClN5O3. The number of rotatable bonds is 5. The van der Waals surface area contributed by atoms with Crippen molar-refractivity contribution in [2.24, 2.45) is 0 Å². The Labute approximate surface area is 141 Å². The van der Waals surface area contributed by atoms with Gasteiger partial charge >= 0.3 is 11.6 Å². The second kappa shape index (κ2) is 6.88. The van der Waals surface area contributed by atoms with Crippen molar-refractivity contribution in [3.63, 3.8) is 0 Å². The summed E-state index contributed by atoms with van der Waals surface area (Å²) in [5.41, 5.74) is -0.0205. The molecule has 0 aliphatic carbocycles. The van der Waals surface area contributed by atoms with E-state index in [2.05, 4.69) is 20.3 Å². The van der Waals surface area contributed by atoms with Crippen LogP contribution in [0, 0.1) is 10.1 Å². The molecule has 24 heavy (non-hydrogen) atoms. The van der Waals surface area contributed by atoms with Crippen molar-refractivity contribution < 1.29 is 9.66 Å². The number of aromatic nitrogens is 3. The molecular weight excluding hydrogens is 334 g/mol. The molecule has 0 unspecified atom stereocenters. The second-order valence-corrected chi connectivity index (χ2v) is 4.87. The highest BCUT2D eigenvalue weighted by molar-refractivity contribution is 6.32. The van der Waals surface area contributed by atoms with E-state index in [-0.39, 0.29) is 16.9 Å². The van der Waals surface area contributed by atoms with Crippen LogP contribution >= 0.6 is 11.6 Å². The highest BCUT2D eigenvalue weighted by atomic mass is 35.5. The third-order valence-corrected chi connectivity index (χ3v) is 3.24. The van der Waals surface area contributed by atoms with Gasteiger partial charge in [-0.2, -0.15) is 4.98 Å². The van der Waals surface area contributed by atoms with E-state index in [0.717, 1.165) is 6.33 Å². The number of nitrogens with one attached hydrogen (secondary N) is 1. The fourth-order valence-corrected chi connectivity index (χ4v) is 2.07.